The summed E-state index contributed by atoms with van der Waals surface area (Å²) in [5, 5.41) is 18.6. The fourth-order valence-corrected chi connectivity index (χ4v) is 6.82. The predicted molar refractivity (Wildman–Crippen MR) is 237 cm³/mol. The number of nitrogens with two attached hydrogens (primary N) is 1. The van der Waals surface area contributed by atoms with Crippen LogP contribution in [0.5, 0.6) is 0 Å². The normalized spacial score (nSPS) is 12.9. The molecule has 0 aromatic rings. The third-order valence-corrected chi connectivity index (χ3v) is 10.3. The molecule has 0 aliphatic heterocycles. The van der Waals surface area contributed by atoms with Crippen LogP contribution in [0.2, 0.25) is 0 Å². The number of carbonyl (C=O) groups excluding carboxylic acids is 2. The van der Waals surface area contributed by atoms with Crippen LogP contribution in [0.3, 0.4) is 0 Å². The number of thiocarbonyl (C=S) groups is 1. The molecule has 0 radical (unpaired) electrons. The Morgan fingerprint density at radius 1 is 0.571 bits per heavy atom. The maximum Gasteiger partial charge on any atom is 0.306 e. The minimum Gasteiger partial charge on any atom is -0.455 e. The fraction of sp³-hybridized carbons (Fsp3) is 0.848. The van der Waals surface area contributed by atoms with Crippen LogP contribution in [0.15, 0.2) is 24.3 Å². The number of aliphatic hydroxyl groups excluding tert-OH is 2. The molecule has 0 aliphatic carbocycles. The number of hydrogen-bond acceptors (Lipinski definition) is 9. The van der Waals surface area contributed by atoms with Gasteiger partial charge in [0.1, 0.15) is 4.99 Å². The molecule has 0 heterocycles. The van der Waals surface area contributed by atoms with Crippen molar-refractivity contribution in [3.63, 3.8) is 0 Å². The van der Waals surface area contributed by atoms with Crippen molar-refractivity contribution >= 4 is 29.1 Å². The number of aliphatic hydroxyl groups is 2. The number of hydrogen-bond donors (Lipinski definition) is 3. The van der Waals surface area contributed by atoms with Crippen molar-refractivity contribution in [2.45, 2.75) is 206 Å². The number of unbranched alkanes of at least 4 members (excludes halogenated alkanes) is 22. The molecule has 0 amide bonds. The van der Waals surface area contributed by atoms with Gasteiger partial charge in [-0.2, -0.15) is 0 Å². The van der Waals surface area contributed by atoms with Crippen molar-refractivity contribution in [2.24, 2.45) is 5.73 Å². The van der Waals surface area contributed by atoms with Gasteiger partial charge in [-0.15, -0.1) is 0 Å². The number of esters is 2. The second-order valence-electron chi connectivity index (χ2n) is 15.4. The summed E-state index contributed by atoms with van der Waals surface area (Å²) in [5.74, 6) is -0.816. The quantitative estimate of drug-likeness (QED) is 0.0237. The lowest BCUT2D eigenvalue weighted by molar-refractivity contribution is -0.167. The standard InChI is InChI=1S/C46H86N2O7S/c1-3-5-7-9-11-13-15-17-19-21-23-25-27-29-31-33-43(51)54-42(41-53-40-37-48(35-38-49)36-39-50)45(46(47)56)55-44(52)34-32-30-28-26-24-22-20-18-16-14-12-10-8-6-4-2/h17-20,42,45,49-50H,3-16,21-41H2,1-2H3,(H2,47,56)/b19-17-,20-18-. The largest absolute Gasteiger partial charge is 0.455 e. The Labute approximate surface area is 348 Å². The van der Waals surface area contributed by atoms with E-state index in [1.54, 1.807) is 0 Å². The lowest BCUT2D eigenvalue weighted by atomic mass is 10.1. The summed E-state index contributed by atoms with van der Waals surface area (Å²) in [5.41, 5.74) is 6.05. The van der Waals surface area contributed by atoms with Crippen LogP contribution < -0.4 is 5.73 Å². The van der Waals surface area contributed by atoms with Crippen LogP contribution in [0.4, 0.5) is 0 Å². The summed E-state index contributed by atoms with van der Waals surface area (Å²) < 4.78 is 17.4. The highest BCUT2D eigenvalue weighted by molar-refractivity contribution is 7.80. The van der Waals surface area contributed by atoms with Gasteiger partial charge in [0.15, 0.2) is 12.2 Å². The van der Waals surface area contributed by atoms with E-state index in [4.69, 9.17) is 32.2 Å². The van der Waals surface area contributed by atoms with Crippen molar-refractivity contribution in [1.29, 1.82) is 0 Å². The first-order valence-corrected chi connectivity index (χ1v) is 23.3. The molecule has 0 aromatic carbocycles. The number of allylic oxidation sites excluding steroid dienone is 4. The van der Waals surface area contributed by atoms with Gasteiger partial charge in [-0.3, -0.25) is 14.5 Å². The van der Waals surface area contributed by atoms with Gasteiger partial charge in [0.05, 0.1) is 26.4 Å². The summed E-state index contributed by atoms with van der Waals surface area (Å²) in [4.78, 5) is 27.7. The number of carbonyl (C=O) groups is 2. The highest BCUT2D eigenvalue weighted by Gasteiger charge is 2.31. The number of ether oxygens (including phenoxy) is 3. The van der Waals surface area contributed by atoms with E-state index in [1.807, 2.05) is 4.90 Å². The highest BCUT2D eigenvalue weighted by atomic mass is 32.1. The van der Waals surface area contributed by atoms with Crippen LogP contribution in [0, 0.1) is 0 Å². The lowest BCUT2D eigenvalue weighted by Gasteiger charge is -2.27. The first-order chi connectivity index (χ1) is 27.4. The molecule has 328 valence electrons. The molecule has 0 aliphatic rings. The van der Waals surface area contributed by atoms with E-state index in [0.717, 1.165) is 64.2 Å². The summed E-state index contributed by atoms with van der Waals surface area (Å²) in [6, 6.07) is 0. The molecule has 0 spiro atoms. The molecular weight excluding hydrogens is 725 g/mol. The Morgan fingerprint density at radius 3 is 1.34 bits per heavy atom. The van der Waals surface area contributed by atoms with Crippen LogP contribution >= 0.6 is 12.2 Å². The summed E-state index contributed by atoms with van der Waals surface area (Å²) in [7, 11) is 0. The zero-order valence-electron chi connectivity index (χ0n) is 36.1. The summed E-state index contributed by atoms with van der Waals surface area (Å²) in [6.45, 7) is 5.91. The third kappa shape index (κ3) is 36.5. The van der Waals surface area contributed by atoms with Crippen molar-refractivity contribution in [2.75, 3.05) is 46.1 Å². The zero-order chi connectivity index (χ0) is 41.2. The van der Waals surface area contributed by atoms with Crippen molar-refractivity contribution in [1.82, 2.24) is 4.90 Å². The van der Waals surface area contributed by atoms with E-state index in [0.29, 0.717) is 32.5 Å². The molecule has 2 atom stereocenters. The molecule has 56 heavy (non-hydrogen) atoms. The van der Waals surface area contributed by atoms with Gasteiger partial charge in [0.25, 0.3) is 0 Å². The Morgan fingerprint density at radius 2 is 0.946 bits per heavy atom. The molecule has 0 fully saturated rings. The minimum absolute atomic E-state index is 0.0350. The van der Waals surface area contributed by atoms with E-state index < -0.39 is 24.1 Å². The average molecular weight is 811 g/mol. The second kappa shape index (κ2) is 42.7. The van der Waals surface area contributed by atoms with Crippen LogP contribution in [0.1, 0.15) is 194 Å². The molecule has 0 saturated heterocycles. The monoisotopic (exact) mass is 811 g/mol. The molecular formula is C46H86N2O7S. The first kappa shape index (κ1) is 54.2. The predicted octanol–water partition coefficient (Wildman–Crippen LogP) is 10.5. The van der Waals surface area contributed by atoms with Gasteiger partial charge in [0, 0.05) is 32.5 Å². The van der Waals surface area contributed by atoms with Gasteiger partial charge in [-0.05, 0) is 64.2 Å². The Hall–Kier alpha value is -1.85. The van der Waals surface area contributed by atoms with Gasteiger partial charge in [-0.25, -0.2) is 0 Å². The first-order valence-electron chi connectivity index (χ1n) is 22.9. The van der Waals surface area contributed by atoms with Crippen molar-refractivity contribution in [3.8, 4) is 0 Å². The van der Waals surface area contributed by atoms with Gasteiger partial charge in [0.2, 0.25) is 0 Å². The van der Waals surface area contributed by atoms with E-state index >= 15 is 0 Å². The average Bonchev–Trinajstić information content (AvgIpc) is 3.18. The van der Waals surface area contributed by atoms with Crippen LogP contribution in [-0.2, 0) is 23.8 Å². The Balaban J connectivity index is 4.65. The molecule has 4 N–H and O–H groups in total. The van der Waals surface area contributed by atoms with Crippen molar-refractivity contribution in [3.05, 3.63) is 24.3 Å². The Kier molecular flexibility index (Phi) is 41.3. The number of rotatable bonds is 43. The zero-order valence-corrected chi connectivity index (χ0v) is 36.9. The highest BCUT2D eigenvalue weighted by Crippen LogP contribution is 2.15. The molecule has 0 bridgehead atoms. The molecule has 0 saturated carbocycles. The second-order valence-corrected chi connectivity index (χ2v) is 15.8. The summed E-state index contributed by atoms with van der Waals surface area (Å²) in [6.07, 6.45) is 38.2. The van der Waals surface area contributed by atoms with E-state index in [9.17, 15) is 19.8 Å². The fourth-order valence-electron chi connectivity index (χ4n) is 6.62. The third-order valence-electron chi connectivity index (χ3n) is 10.1. The molecule has 10 heteroatoms. The SMILES string of the molecule is CCCCCCCC/C=C\CCCCCCCC(=O)OC(COCCN(CCO)CCO)C(OC(=O)CCCCCCC/C=C\CCCCCCCC)C(N)=S. The van der Waals surface area contributed by atoms with E-state index in [2.05, 4.69) is 38.2 Å². The van der Waals surface area contributed by atoms with Crippen LogP contribution in [0.25, 0.3) is 0 Å². The molecule has 2 unspecified atom stereocenters. The number of nitrogens with zero attached hydrogens (tertiary/aromatic N) is 1. The van der Waals surface area contributed by atoms with Crippen LogP contribution in [-0.4, -0.2) is 90.3 Å². The van der Waals surface area contributed by atoms with Gasteiger partial charge >= 0.3 is 11.9 Å². The Bertz CT molecular complexity index is 958. The topological polar surface area (TPSA) is 132 Å². The molecule has 9 nitrogen and oxygen atoms in total. The maximum atomic E-state index is 13.0. The maximum absolute atomic E-state index is 13.0. The summed E-state index contributed by atoms with van der Waals surface area (Å²) >= 11 is 5.29. The van der Waals surface area contributed by atoms with Gasteiger partial charge < -0.3 is 30.2 Å². The minimum atomic E-state index is -1.09. The van der Waals surface area contributed by atoms with E-state index in [-0.39, 0.29) is 44.3 Å². The smallest absolute Gasteiger partial charge is 0.306 e. The van der Waals surface area contributed by atoms with Crippen molar-refractivity contribution < 1.29 is 34.0 Å². The lowest BCUT2D eigenvalue weighted by Crippen LogP contribution is -2.46. The van der Waals surface area contributed by atoms with Gasteiger partial charge in [-0.1, -0.05) is 153 Å². The molecule has 0 rings (SSSR count). The molecule has 0 aromatic heterocycles. The van der Waals surface area contributed by atoms with E-state index in [1.165, 1.54) is 89.9 Å².